The molecule has 0 radical (unpaired) electrons. The molecule has 124 valence electrons. The second-order valence-electron chi connectivity index (χ2n) is 6.06. The van der Waals surface area contributed by atoms with Crippen molar-refractivity contribution in [2.45, 2.75) is 51.0 Å². The van der Waals surface area contributed by atoms with Crippen LogP contribution in [0.2, 0.25) is 0 Å². The highest BCUT2D eigenvalue weighted by Crippen LogP contribution is 2.33. The summed E-state index contributed by atoms with van der Waals surface area (Å²) in [6.45, 7) is 3.97. The van der Waals surface area contributed by atoms with Crippen LogP contribution in [0.3, 0.4) is 0 Å². The van der Waals surface area contributed by atoms with Crippen LogP contribution in [0.4, 0.5) is 4.79 Å². The molecule has 2 rings (SSSR count). The fourth-order valence-corrected chi connectivity index (χ4v) is 3.11. The van der Waals surface area contributed by atoms with Crippen LogP contribution in [-0.2, 0) is 9.59 Å². The Hall–Kier alpha value is -1.63. The highest BCUT2D eigenvalue weighted by molar-refractivity contribution is 6.09. The Morgan fingerprint density at radius 3 is 2.59 bits per heavy atom. The molecule has 0 aromatic heterocycles. The van der Waals surface area contributed by atoms with Crippen molar-refractivity contribution in [1.29, 1.82) is 0 Å². The Morgan fingerprint density at radius 2 is 1.91 bits per heavy atom. The summed E-state index contributed by atoms with van der Waals surface area (Å²) in [6.07, 6.45) is 5.37. The largest absolute Gasteiger partial charge is 0.353 e. The Labute approximate surface area is 131 Å². The topological polar surface area (TPSA) is 90.5 Å². The zero-order valence-corrected chi connectivity index (χ0v) is 13.2. The van der Waals surface area contributed by atoms with Gasteiger partial charge in [0.1, 0.15) is 12.1 Å². The first-order valence-electron chi connectivity index (χ1n) is 8.20. The third-order valence-corrected chi connectivity index (χ3v) is 4.31. The summed E-state index contributed by atoms with van der Waals surface area (Å²) >= 11 is 0. The predicted octanol–water partition coefficient (Wildman–Crippen LogP) is 0.357. The molecule has 0 bridgehead atoms. The molecule has 0 unspecified atom stereocenters. The summed E-state index contributed by atoms with van der Waals surface area (Å²) in [5.74, 6) is -0.536. The Balaban J connectivity index is 1.80. The maximum Gasteiger partial charge on any atom is 0.325 e. The van der Waals surface area contributed by atoms with Crippen molar-refractivity contribution in [3.05, 3.63) is 0 Å². The van der Waals surface area contributed by atoms with Crippen LogP contribution in [0.5, 0.6) is 0 Å². The van der Waals surface area contributed by atoms with Crippen molar-refractivity contribution in [1.82, 2.24) is 20.9 Å². The molecule has 3 N–H and O–H groups in total. The summed E-state index contributed by atoms with van der Waals surface area (Å²) in [4.78, 5) is 37.4. The highest BCUT2D eigenvalue weighted by Gasteiger charge is 2.51. The number of hydrogen-bond donors (Lipinski definition) is 3. The lowest BCUT2D eigenvalue weighted by Gasteiger charge is -2.30. The minimum atomic E-state index is -0.752. The second kappa shape index (κ2) is 7.58. The van der Waals surface area contributed by atoms with Gasteiger partial charge in [-0.3, -0.25) is 14.5 Å². The van der Waals surface area contributed by atoms with Crippen LogP contribution in [0.15, 0.2) is 0 Å². The van der Waals surface area contributed by atoms with Crippen LogP contribution in [0.25, 0.3) is 0 Å². The van der Waals surface area contributed by atoms with E-state index in [1.807, 2.05) is 0 Å². The van der Waals surface area contributed by atoms with Crippen molar-refractivity contribution < 1.29 is 14.4 Å². The molecule has 0 aromatic carbocycles. The van der Waals surface area contributed by atoms with Crippen molar-refractivity contribution in [2.24, 2.45) is 0 Å². The summed E-state index contributed by atoms with van der Waals surface area (Å²) in [6, 6.07) is -0.439. The van der Waals surface area contributed by atoms with Crippen LogP contribution < -0.4 is 16.0 Å². The van der Waals surface area contributed by atoms with E-state index >= 15 is 0 Å². The van der Waals surface area contributed by atoms with Gasteiger partial charge >= 0.3 is 6.03 Å². The molecule has 0 aromatic rings. The Bertz CT molecular complexity index is 433. The molecule has 1 saturated carbocycles. The summed E-state index contributed by atoms with van der Waals surface area (Å²) in [7, 11) is 0. The van der Waals surface area contributed by atoms with E-state index in [0.717, 1.165) is 37.1 Å². The maximum atomic E-state index is 12.5. The molecule has 1 spiro atoms. The van der Waals surface area contributed by atoms with E-state index in [1.165, 1.54) is 0 Å². The van der Waals surface area contributed by atoms with Gasteiger partial charge in [-0.2, -0.15) is 0 Å². The standard InChI is InChI=1S/C15H26N4O3/c1-2-8-16-9-10-17-12(20)11-19-13(21)15(18-14(19)22)6-4-3-5-7-15/h16H,2-11H2,1H3,(H,17,20)(H,18,22). The maximum absolute atomic E-state index is 12.5. The van der Waals surface area contributed by atoms with Crippen molar-refractivity contribution in [3.63, 3.8) is 0 Å². The van der Waals surface area contributed by atoms with Gasteiger partial charge in [0.25, 0.3) is 5.91 Å². The summed E-state index contributed by atoms with van der Waals surface area (Å²) < 4.78 is 0. The predicted molar refractivity (Wildman–Crippen MR) is 82.2 cm³/mol. The van der Waals surface area contributed by atoms with Gasteiger partial charge in [-0.15, -0.1) is 0 Å². The number of carbonyl (C=O) groups excluding carboxylic acids is 3. The molecule has 1 heterocycles. The van der Waals surface area contributed by atoms with Gasteiger partial charge in [0.15, 0.2) is 0 Å². The minimum Gasteiger partial charge on any atom is -0.353 e. The van der Waals surface area contributed by atoms with Crippen LogP contribution in [0, 0.1) is 0 Å². The number of rotatable bonds is 7. The Kier molecular flexibility index (Phi) is 5.76. The van der Waals surface area contributed by atoms with E-state index in [1.54, 1.807) is 0 Å². The van der Waals surface area contributed by atoms with E-state index in [0.29, 0.717) is 25.9 Å². The minimum absolute atomic E-state index is 0.194. The van der Waals surface area contributed by atoms with Gasteiger partial charge in [-0.05, 0) is 25.8 Å². The molecule has 0 atom stereocenters. The number of urea groups is 1. The molecule has 1 aliphatic carbocycles. The van der Waals surface area contributed by atoms with E-state index in [-0.39, 0.29) is 18.4 Å². The van der Waals surface area contributed by atoms with Crippen LogP contribution >= 0.6 is 0 Å². The monoisotopic (exact) mass is 310 g/mol. The first-order valence-corrected chi connectivity index (χ1v) is 8.20. The smallest absolute Gasteiger partial charge is 0.325 e. The third kappa shape index (κ3) is 3.76. The average Bonchev–Trinajstić information content (AvgIpc) is 2.72. The first-order chi connectivity index (χ1) is 10.6. The lowest BCUT2D eigenvalue weighted by atomic mass is 9.82. The number of nitrogens with zero attached hydrogens (tertiary/aromatic N) is 1. The first kappa shape index (κ1) is 16.7. The van der Waals surface area contributed by atoms with Gasteiger partial charge in [-0.1, -0.05) is 26.2 Å². The summed E-state index contributed by atoms with van der Waals surface area (Å²) in [5, 5.41) is 8.70. The third-order valence-electron chi connectivity index (χ3n) is 4.31. The molecular formula is C15H26N4O3. The zero-order chi connectivity index (χ0) is 16.0. The number of nitrogens with one attached hydrogen (secondary N) is 3. The molecule has 1 aliphatic heterocycles. The van der Waals surface area contributed by atoms with Crippen molar-refractivity contribution in [3.8, 4) is 0 Å². The SMILES string of the molecule is CCCNCCNC(=O)CN1C(=O)NC2(CCCCC2)C1=O. The van der Waals surface area contributed by atoms with E-state index in [9.17, 15) is 14.4 Å². The molecule has 7 nitrogen and oxygen atoms in total. The second-order valence-corrected chi connectivity index (χ2v) is 6.06. The highest BCUT2D eigenvalue weighted by atomic mass is 16.2. The van der Waals surface area contributed by atoms with Gasteiger partial charge in [0, 0.05) is 13.1 Å². The van der Waals surface area contributed by atoms with Gasteiger partial charge < -0.3 is 16.0 Å². The fraction of sp³-hybridized carbons (Fsp3) is 0.800. The number of carbonyl (C=O) groups is 3. The molecule has 2 aliphatic rings. The van der Waals surface area contributed by atoms with Gasteiger partial charge in [-0.25, -0.2) is 4.79 Å². The van der Waals surface area contributed by atoms with Crippen LogP contribution in [-0.4, -0.2) is 54.5 Å². The normalized spacial score (nSPS) is 20.3. The van der Waals surface area contributed by atoms with Gasteiger partial charge in [0.05, 0.1) is 0 Å². The lowest BCUT2D eigenvalue weighted by molar-refractivity contribution is -0.135. The number of imide groups is 1. The van der Waals surface area contributed by atoms with E-state index < -0.39 is 11.6 Å². The molecule has 4 amide bonds. The molecule has 7 heteroatoms. The van der Waals surface area contributed by atoms with Crippen LogP contribution in [0.1, 0.15) is 45.4 Å². The lowest BCUT2D eigenvalue weighted by Crippen LogP contribution is -2.49. The van der Waals surface area contributed by atoms with Crippen molar-refractivity contribution >= 4 is 17.8 Å². The summed E-state index contributed by atoms with van der Waals surface area (Å²) in [5.41, 5.74) is -0.752. The molecule has 2 fully saturated rings. The average molecular weight is 310 g/mol. The van der Waals surface area contributed by atoms with E-state index in [4.69, 9.17) is 0 Å². The fourth-order valence-electron chi connectivity index (χ4n) is 3.11. The van der Waals surface area contributed by atoms with Gasteiger partial charge in [0.2, 0.25) is 5.91 Å². The number of hydrogen-bond acceptors (Lipinski definition) is 4. The quantitative estimate of drug-likeness (QED) is 0.468. The van der Waals surface area contributed by atoms with Crippen molar-refractivity contribution in [2.75, 3.05) is 26.2 Å². The molecular weight excluding hydrogens is 284 g/mol. The molecule has 1 saturated heterocycles. The molecule has 22 heavy (non-hydrogen) atoms. The number of amides is 4. The van der Waals surface area contributed by atoms with E-state index in [2.05, 4.69) is 22.9 Å². The zero-order valence-electron chi connectivity index (χ0n) is 13.2. The Morgan fingerprint density at radius 1 is 1.18 bits per heavy atom.